The van der Waals surface area contributed by atoms with Crippen molar-refractivity contribution in [3.05, 3.63) is 76.9 Å². The molecule has 0 fully saturated rings. The van der Waals surface area contributed by atoms with E-state index in [0.29, 0.717) is 12.1 Å². The fourth-order valence-corrected chi connectivity index (χ4v) is 2.42. The Hall–Kier alpha value is -2.60. The Labute approximate surface area is 151 Å². The Balaban J connectivity index is 1.89. The second kappa shape index (κ2) is 8.67. The van der Waals surface area contributed by atoms with Crippen molar-refractivity contribution < 1.29 is 22.9 Å². The van der Waals surface area contributed by atoms with Crippen LogP contribution in [-0.2, 0) is 24.1 Å². The van der Waals surface area contributed by atoms with Gasteiger partial charge in [-0.15, -0.1) is 0 Å². The van der Waals surface area contributed by atoms with E-state index in [1.165, 1.54) is 34.7 Å². The van der Waals surface area contributed by atoms with Gasteiger partial charge in [0.05, 0.1) is 19.7 Å². The van der Waals surface area contributed by atoms with E-state index in [9.17, 15) is 18.0 Å². The van der Waals surface area contributed by atoms with Crippen LogP contribution in [0.2, 0.25) is 0 Å². The lowest BCUT2D eigenvalue weighted by atomic mass is 10.1. The minimum absolute atomic E-state index is 0.325. The highest BCUT2D eigenvalue weighted by Gasteiger charge is 2.30. The number of alkyl halides is 3. The number of amides is 1. The van der Waals surface area contributed by atoms with Gasteiger partial charge >= 0.3 is 6.18 Å². The van der Waals surface area contributed by atoms with Crippen molar-refractivity contribution in [2.75, 3.05) is 14.1 Å². The van der Waals surface area contributed by atoms with E-state index in [-0.39, 0.29) is 5.91 Å². The number of hydrogen-bond acceptors (Lipinski definition) is 1. The number of carbonyl (C=O) groups excluding carboxylic acids is 1. The summed E-state index contributed by atoms with van der Waals surface area (Å²) in [5.74, 6) is -0.357. The van der Waals surface area contributed by atoms with Gasteiger partial charge in [0.25, 0.3) is 0 Å². The standard InChI is InChI=1S/C20H21F3N2O/c1-25(2)14-17-8-6-16(7-9-17)13-24-19(26)11-10-15-4-3-5-18(12-15)20(21,22)23/h3-12H,13-14H2,1-2H3,(H,24,26)/p+1/b11-10+. The molecular weight excluding hydrogens is 341 g/mol. The lowest BCUT2D eigenvalue weighted by Crippen LogP contribution is -3.04. The van der Waals surface area contributed by atoms with E-state index in [4.69, 9.17) is 0 Å². The third kappa shape index (κ3) is 6.37. The van der Waals surface area contributed by atoms with Crippen molar-refractivity contribution in [3.8, 4) is 0 Å². The molecule has 6 heteroatoms. The third-order valence-corrected chi connectivity index (χ3v) is 3.69. The second-order valence-corrected chi connectivity index (χ2v) is 6.37. The average Bonchev–Trinajstić information content (AvgIpc) is 2.58. The van der Waals surface area contributed by atoms with Crippen LogP contribution in [0.5, 0.6) is 0 Å². The minimum atomic E-state index is -4.40. The number of hydrogen-bond donors (Lipinski definition) is 2. The SMILES string of the molecule is C[NH+](C)Cc1ccc(CNC(=O)/C=C/c2cccc(C(F)(F)F)c2)cc1. The predicted octanol–water partition coefficient (Wildman–Crippen LogP) is 2.68. The molecule has 0 aliphatic heterocycles. The Morgan fingerprint density at radius 3 is 2.35 bits per heavy atom. The summed E-state index contributed by atoms with van der Waals surface area (Å²) >= 11 is 0. The first-order valence-electron chi connectivity index (χ1n) is 8.24. The highest BCUT2D eigenvalue weighted by molar-refractivity contribution is 5.91. The summed E-state index contributed by atoms with van der Waals surface area (Å²) in [5, 5.41) is 2.72. The van der Waals surface area contributed by atoms with Crippen molar-refractivity contribution in [3.63, 3.8) is 0 Å². The Morgan fingerprint density at radius 1 is 1.08 bits per heavy atom. The van der Waals surface area contributed by atoms with Gasteiger partial charge in [0.2, 0.25) is 5.91 Å². The molecular formula is C20H22F3N2O+. The van der Waals surface area contributed by atoms with Crippen LogP contribution < -0.4 is 10.2 Å². The molecule has 0 bridgehead atoms. The molecule has 2 N–H and O–H groups in total. The van der Waals surface area contributed by atoms with Crippen LogP contribution in [0.1, 0.15) is 22.3 Å². The van der Waals surface area contributed by atoms with Gasteiger partial charge in [-0.25, -0.2) is 0 Å². The van der Waals surface area contributed by atoms with Gasteiger partial charge < -0.3 is 10.2 Å². The van der Waals surface area contributed by atoms with E-state index in [0.717, 1.165) is 24.2 Å². The Kier molecular flexibility index (Phi) is 6.58. The second-order valence-electron chi connectivity index (χ2n) is 6.37. The molecule has 2 aromatic carbocycles. The van der Waals surface area contributed by atoms with E-state index < -0.39 is 11.7 Å². The number of nitrogens with one attached hydrogen (secondary N) is 2. The van der Waals surface area contributed by atoms with Crippen LogP contribution in [0.25, 0.3) is 6.08 Å². The molecule has 0 radical (unpaired) electrons. The average molecular weight is 363 g/mol. The molecule has 0 saturated heterocycles. The zero-order valence-corrected chi connectivity index (χ0v) is 14.7. The lowest BCUT2D eigenvalue weighted by Gasteiger charge is -2.08. The summed E-state index contributed by atoms with van der Waals surface area (Å²) in [7, 11) is 4.15. The first kappa shape index (κ1) is 19.7. The molecule has 0 unspecified atom stereocenters. The van der Waals surface area contributed by atoms with Crippen molar-refractivity contribution in [1.29, 1.82) is 0 Å². The number of quaternary nitrogens is 1. The summed E-state index contributed by atoms with van der Waals surface area (Å²) in [6.45, 7) is 1.28. The van der Waals surface area contributed by atoms with Crippen molar-refractivity contribution in [2.45, 2.75) is 19.3 Å². The molecule has 1 amide bonds. The van der Waals surface area contributed by atoms with Gasteiger partial charge in [0.15, 0.2) is 0 Å². The molecule has 0 aromatic heterocycles. The topological polar surface area (TPSA) is 33.5 Å². The van der Waals surface area contributed by atoms with Gasteiger partial charge in [-0.2, -0.15) is 13.2 Å². The summed E-state index contributed by atoms with van der Waals surface area (Å²) in [6.07, 6.45) is -1.79. The normalized spacial score (nSPS) is 11.9. The molecule has 26 heavy (non-hydrogen) atoms. The number of rotatable bonds is 6. The zero-order valence-electron chi connectivity index (χ0n) is 14.7. The van der Waals surface area contributed by atoms with Crippen LogP contribution in [0, 0.1) is 0 Å². The van der Waals surface area contributed by atoms with Crippen molar-refractivity contribution in [1.82, 2.24) is 5.32 Å². The lowest BCUT2D eigenvalue weighted by molar-refractivity contribution is -0.872. The molecule has 0 aliphatic carbocycles. The maximum absolute atomic E-state index is 12.7. The maximum atomic E-state index is 12.7. The number of carbonyl (C=O) groups is 1. The van der Waals surface area contributed by atoms with Crippen LogP contribution in [0.3, 0.4) is 0 Å². The monoisotopic (exact) mass is 363 g/mol. The summed E-state index contributed by atoms with van der Waals surface area (Å²) in [6, 6.07) is 12.8. The zero-order chi connectivity index (χ0) is 19.2. The van der Waals surface area contributed by atoms with E-state index in [1.54, 1.807) is 0 Å². The fourth-order valence-electron chi connectivity index (χ4n) is 2.42. The van der Waals surface area contributed by atoms with Crippen molar-refractivity contribution >= 4 is 12.0 Å². The van der Waals surface area contributed by atoms with Gasteiger partial charge in [-0.1, -0.05) is 36.4 Å². The molecule has 2 rings (SSSR count). The van der Waals surface area contributed by atoms with E-state index in [1.807, 2.05) is 24.3 Å². The minimum Gasteiger partial charge on any atom is -0.348 e. The van der Waals surface area contributed by atoms with Crippen LogP contribution in [-0.4, -0.2) is 20.0 Å². The van der Waals surface area contributed by atoms with E-state index in [2.05, 4.69) is 19.4 Å². The maximum Gasteiger partial charge on any atom is 0.416 e. The van der Waals surface area contributed by atoms with Gasteiger partial charge in [0.1, 0.15) is 6.54 Å². The highest BCUT2D eigenvalue weighted by Crippen LogP contribution is 2.29. The number of halogens is 3. The van der Waals surface area contributed by atoms with Crippen LogP contribution >= 0.6 is 0 Å². The first-order chi connectivity index (χ1) is 12.2. The summed E-state index contributed by atoms with van der Waals surface area (Å²) < 4.78 is 38.0. The van der Waals surface area contributed by atoms with Gasteiger partial charge in [-0.05, 0) is 29.3 Å². The Bertz CT molecular complexity index is 765. The summed E-state index contributed by atoms with van der Waals surface area (Å²) in [5.41, 5.74) is 1.76. The molecule has 2 aromatic rings. The van der Waals surface area contributed by atoms with Crippen molar-refractivity contribution in [2.24, 2.45) is 0 Å². The quantitative estimate of drug-likeness (QED) is 0.761. The molecule has 3 nitrogen and oxygen atoms in total. The summed E-state index contributed by atoms with van der Waals surface area (Å²) in [4.78, 5) is 13.2. The molecule has 0 aliphatic rings. The number of benzene rings is 2. The van der Waals surface area contributed by atoms with E-state index >= 15 is 0 Å². The van der Waals surface area contributed by atoms with Gasteiger partial charge in [0, 0.05) is 18.2 Å². The van der Waals surface area contributed by atoms with Crippen LogP contribution in [0.15, 0.2) is 54.6 Å². The first-order valence-corrected chi connectivity index (χ1v) is 8.24. The van der Waals surface area contributed by atoms with Gasteiger partial charge in [-0.3, -0.25) is 4.79 Å². The molecule has 138 valence electrons. The predicted molar refractivity (Wildman–Crippen MR) is 95.3 cm³/mol. The molecule has 0 atom stereocenters. The molecule has 0 spiro atoms. The fraction of sp³-hybridized carbons (Fsp3) is 0.250. The van der Waals surface area contributed by atoms with Crippen LogP contribution in [0.4, 0.5) is 13.2 Å². The molecule has 0 saturated carbocycles. The highest BCUT2D eigenvalue weighted by atomic mass is 19.4. The Morgan fingerprint density at radius 2 is 1.73 bits per heavy atom. The largest absolute Gasteiger partial charge is 0.416 e. The third-order valence-electron chi connectivity index (χ3n) is 3.69. The molecule has 0 heterocycles. The smallest absolute Gasteiger partial charge is 0.348 e.